The van der Waals surface area contributed by atoms with Crippen molar-refractivity contribution < 1.29 is 9.59 Å². The molecular weight excluding hydrogens is 218 g/mol. The minimum atomic E-state index is -0.0386. The maximum absolute atomic E-state index is 11.6. The molecule has 2 aliphatic rings. The molecule has 2 rings (SSSR count). The third-order valence-corrected chi connectivity index (χ3v) is 3.65. The van der Waals surface area contributed by atoms with Crippen molar-refractivity contribution in [1.82, 2.24) is 15.1 Å². The van der Waals surface area contributed by atoms with Gasteiger partial charge in [0.1, 0.15) is 0 Å². The molecular formula is C12H21N3O2. The second-order valence-corrected chi connectivity index (χ2v) is 5.29. The fraction of sp³-hybridized carbons (Fsp3) is 0.833. The highest BCUT2D eigenvalue weighted by Gasteiger charge is 2.30. The summed E-state index contributed by atoms with van der Waals surface area (Å²) in [6.07, 6.45) is 1.13. The number of likely N-dealkylation sites (tertiary alicyclic amines) is 1. The van der Waals surface area contributed by atoms with Gasteiger partial charge in [-0.05, 0) is 32.7 Å². The molecule has 0 aromatic heterocycles. The molecule has 2 saturated heterocycles. The monoisotopic (exact) mass is 239 g/mol. The van der Waals surface area contributed by atoms with Gasteiger partial charge in [0.25, 0.3) is 0 Å². The van der Waals surface area contributed by atoms with E-state index < -0.39 is 0 Å². The molecule has 0 aromatic carbocycles. The number of nitrogens with one attached hydrogen (secondary N) is 1. The van der Waals surface area contributed by atoms with Gasteiger partial charge in [-0.25, -0.2) is 0 Å². The fourth-order valence-corrected chi connectivity index (χ4v) is 2.56. The molecule has 1 atom stereocenters. The Morgan fingerprint density at radius 3 is 2.82 bits per heavy atom. The lowest BCUT2D eigenvalue weighted by Gasteiger charge is -2.29. The summed E-state index contributed by atoms with van der Waals surface area (Å²) in [5.74, 6) is 0.531. The van der Waals surface area contributed by atoms with Crippen LogP contribution in [-0.4, -0.2) is 60.4 Å². The maximum atomic E-state index is 11.6. The van der Waals surface area contributed by atoms with Gasteiger partial charge in [0.05, 0.1) is 13.1 Å². The molecule has 0 saturated carbocycles. The third kappa shape index (κ3) is 2.97. The van der Waals surface area contributed by atoms with Gasteiger partial charge in [0, 0.05) is 19.1 Å². The summed E-state index contributed by atoms with van der Waals surface area (Å²) in [4.78, 5) is 27.0. The van der Waals surface area contributed by atoms with Crippen molar-refractivity contribution in [3.63, 3.8) is 0 Å². The zero-order chi connectivity index (χ0) is 12.4. The van der Waals surface area contributed by atoms with Crippen molar-refractivity contribution in [3.05, 3.63) is 0 Å². The van der Waals surface area contributed by atoms with Gasteiger partial charge in [-0.15, -0.1) is 0 Å². The molecule has 17 heavy (non-hydrogen) atoms. The highest BCUT2D eigenvalue weighted by Crippen LogP contribution is 2.19. The van der Waals surface area contributed by atoms with Gasteiger partial charge in [-0.1, -0.05) is 0 Å². The second-order valence-electron chi connectivity index (χ2n) is 5.29. The maximum Gasteiger partial charge on any atom is 0.242 e. The Morgan fingerprint density at radius 1 is 1.41 bits per heavy atom. The first-order valence-corrected chi connectivity index (χ1v) is 6.35. The first kappa shape index (κ1) is 12.4. The first-order valence-electron chi connectivity index (χ1n) is 6.35. The number of hydrogen-bond acceptors (Lipinski definition) is 3. The van der Waals surface area contributed by atoms with Crippen molar-refractivity contribution in [2.75, 3.05) is 32.7 Å². The average molecular weight is 239 g/mol. The minimum Gasteiger partial charge on any atom is -0.345 e. The zero-order valence-electron chi connectivity index (χ0n) is 10.6. The van der Waals surface area contributed by atoms with Gasteiger partial charge in [0.15, 0.2) is 0 Å². The van der Waals surface area contributed by atoms with Crippen LogP contribution in [0.4, 0.5) is 0 Å². The molecule has 5 nitrogen and oxygen atoms in total. The number of carbonyl (C=O) groups excluding carboxylic acids is 2. The zero-order valence-corrected chi connectivity index (χ0v) is 10.6. The first-order chi connectivity index (χ1) is 8.06. The van der Waals surface area contributed by atoms with E-state index in [0.717, 1.165) is 26.1 Å². The summed E-state index contributed by atoms with van der Waals surface area (Å²) in [6.45, 7) is 7.68. The van der Waals surface area contributed by atoms with Crippen LogP contribution in [0.15, 0.2) is 0 Å². The number of rotatable bonds is 3. The van der Waals surface area contributed by atoms with Crippen LogP contribution >= 0.6 is 0 Å². The highest BCUT2D eigenvalue weighted by molar-refractivity contribution is 5.92. The molecule has 0 spiro atoms. The molecule has 5 heteroatoms. The van der Waals surface area contributed by atoms with Crippen molar-refractivity contribution in [3.8, 4) is 0 Å². The topological polar surface area (TPSA) is 52.6 Å². The van der Waals surface area contributed by atoms with Crippen molar-refractivity contribution >= 4 is 11.8 Å². The van der Waals surface area contributed by atoms with E-state index in [-0.39, 0.29) is 24.9 Å². The van der Waals surface area contributed by atoms with E-state index in [1.165, 1.54) is 0 Å². The lowest BCUT2D eigenvalue weighted by molar-refractivity contribution is -0.141. The summed E-state index contributed by atoms with van der Waals surface area (Å²) in [7, 11) is 0. The Balaban J connectivity index is 1.85. The molecule has 2 amide bonds. The van der Waals surface area contributed by atoms with E-state index >= 15 is 0 Å². The lowest BCUT2D eigenvalue weighted by Crippen LogP contribution is -2.52. The molecule has 1 unspecified atom stereocenters. The summed E-state index contributed by atoms with van der Waals surface area (Å²) >= 11 is 0. The van der Waals surface area contributed by atoms with E-state index in [1.807, 2.05) is 0 Å². The van der Waals surface area contributed by atoms with Crippen molar-refractivity contribution in [2.24, 2.45) is 5.92 Å². The van der Waals surface area contributed by atoms with E-state index in [0.29, 0.717) is 12.0 Å². The van der Waals surface area contributed by atoms with Gasteiger partial charge in [-0.2, -0.15) is 0 Å². The van der Waals surface area contributed by atoms with Gasteiger partial charge >= 0.3 is 0 Å². The van der Waals surface area contributed by atoms with E-state index in [9.17, 15) is 9.59 Å². The van der Waals surface area contributed by atoms with Gasteiger partial charge in [0.2, 0.25) is 11.8 Å². The Hall–Kier alpha value is -1.10. The summed E-state index contributed by atoms with van der Waals surface area (Å²) in [5, 5.41) is 2.57. The number of amides is 2. The normalized spacial score (nSPS) is 26.8. The number of carbonyl (C=O) groups is 2. The largest absolute Gasteiger partial charge is 0.345 e. The quantitative estimate of drug-likeness (QED) is 0.734. The Kier molecular flexibility index (Phi) is 3.66. The van der Waals surface area contributed by atoms with Crippen LogP contribution in [0.1, 0.15) is 20.3 Å². The molecule has 1 N–H and O–H groups in total. The lowest BCUT2D eigenvalue weighted by atomic mass is 10.1. The second kappa shape index (κ2) is 5.04. The standard InChI is InChI=1S/C12H21N3O2/c1-9(2)14-4-3-10(6-14)7-15-8-11(16)13-5-12(15)17/h9-10H,3-8H2,1-2H3,(H,13,16). The minimum absolute atomic E-state index is 0.0386. The fourth-order valence-electron chi connectivity index (χ4n) is 2.56. The Bertz CT molecular complexity index is 317. The SMILES string of the molecule is CC(C)N1CCC(CN2CC(=O)NCC2=O)C1. The summed E-state index contributed by atoms with van der Waals surface area (Å²) in [5.41, 5.74) is 0. The Morgan fingerprint density at radius 2 is 2.18 bits per heavy atom. The molecule has 2 aliphatic heterocycles. The molecule has 0 radical (unpaired) electrons. The number of nitrogens with zero attached hydrogens (tertiary/aromatic N) is 2. The number of hydrogen-bond donors (Lipinski definition) is 1. The Labute approximate surface area is 102 Å². The predicted molar refractivity (Wildman–Crippen MR) is 64.4 cm³/mol. The molecule has 0 bridgehead atoms. The molecule has 0 aliphatic carbocycles. The highest BCUT2D eigenvalue weighted by atomic mass is 16.2. The van der Waals surface area contributed by atoms with Crippen LogP contribution in [0.2, 0.25) is 0 Å². The van der Waals surface area contributed by atoms with Crippen LogP contribution in [0, 0.1) is 5.92 Å². The smallest absolute Gasteiger partial charge is 0.242 e. The predicted octanol–water partition coefficient (Wildman–Crippen LogP) is -0.325. The van der Waals surface area contributed by atoms with Gasteiger partial charge in [-0.3, -0.25) is 9.59 Å². The molecule has 2 heterocycles. The van der Waals surface area contributed by atoms with Crippen LogP contribution in [0.5, 0.6) is 0 Å². The van der Waals surface area contributed by atoms with Crippen LogP contribution in [-0.2, 0) is 9.59 Å². The van der Waals surface area contributed by atoms with Crippen LogP contribution < -0.4 is 5.32 Å². The van der Waals surface area contributed by atoms with E-state index in [2.05, 4.69) is 24.1 Å². The third-order valence-electron chi connectivity index (χ3n) is 3.65. The molecule has 96 valence electrons. The molecule has 2 fully saturated rings. The summed E-state index contributed by atoms with van der Waals surface area (Å²) in [6, 6.07) is 0.570. The van der Waals surface area contributed by atoms with Crippen LogP contribution in [0.3, 0.4) is 0 Å². The van der Waals surface area contributed by atoms with E-state index in [1.54, 1.807) is 4.90 Å². The molecule has 0 aromatic rings. The van der Waals surface area contributed by atoms with E-state index in [4.69, 9.17) is 0 Å². The van der Waals surface area contributed by atoms with Crippen LogP contribution in [0.25, 0.3) is 0 Å². The number of piperazine rings is 1. The average Bonchev–Trinajstić information content (AvgIpc) is 2.72. The van der Waals surface area contributed by atoms with Crippen molar-refractivity contribution in [2.45, 2.75) is 26.3 Å². The summed E-state index contributed by atoms with van der Waals surface area (Å²) < 4.78 is 0. The van der Waals surface area contributed by atoms with Crippen molar-refractivity contribution in [1.29, 1.82) is 0 Å². The van der Waals surface area contributed by atoms with Gasteiger partial charge < -0.3 is 15.1 Å².